The van der Waals surface area contributed by atoms with Crippen LogP contribution in [-0.4, -0.2) is 40.0 Å². The van der Waals surface area contributed by atoms with E-state index in [9.17, 15) is 9.59 Å². The number of anilines is 1. The average molecular weight is 381 g/mol. The summed E-state index contributed by atoms with van der Waals surface area (Å²) in [5, 5.41) is 12.3. The maximum atomic E-state index is 12.4. The lowest BCUT2D eigenvalue weighted by Crippen LogP contribution is -2.20. The van der Waals surface area contributed by atoms with E-state index in [0.717, 1.165) is 5.39 Å². The molecule has 0 aliphatic carbocycles. The number of carbonyl (C=O) groups excluding carboxylic acids is 2. The van der Waals surface area contributed by atoms with Gasteiger partial charge in [0.1, 0.15) is 18.0 Å². The molecule has 2 heterocycles. The third-order valence-electron chi connectivity index (χ3n) is 4.13. The zero-order chi connectivity index (χ0) is 20.3. The van der Waals surface area contributed by atoms with Crippen molar-refractivity contribution in [3.63, 3.8) is 0 Å². The number of aromatic nitrogens is 2. The minimum atomic E-state index is -0.495. The normalized spacial score (nSPS) is 11.4. The Morgan fingerprint density at radius 1 is 1.18 bits per heavy atom. The second-order valence-electron chi connectivity index (χ2n) is 7.47. The number of aromatic amines is 1. The van der Waals surface area contributed by atoms with Gasteiger partial charge in [0, 0.05) is 16.4 Å². The van der Waals surface area contributed by atoms with Crippen molar-refractivity contribution >= 4 is 28.4 Å². The zero-order valence-electron chi connectivity index (χ0n) is 16.1. The third kappa shape index (κ3) is 4.37. The molecule has 3 aromatic rings. The van der Waals surface area contributed by atoms with E-state index in [1.54, 1.807) is 42.6 Å². The molecule has 0 saturated carbocycles. The van der Waals surface area contributed by atoms with Crippen LogP contribution in [0.15, 0.2) is 42.6 Å². The highest BCUT2D eigenvalue weighted by Crippen LogP contribution is 2.24. The Labute approximate surface area is 162 Å². The number of pyridine rings is 1. The summed E-state index contributed by atoms with van der Waals surface area (Å²) in [7, 11) is 0. The number of hydrogen-bond donors (Lipinski definition) is 3. The Bertz CT molecular complexity index is 1000. The predicted molar refractivity (Wildman–Crippen MR) is 107 cm³/mol. The summed E-state index contributed by atoms with van der Waals surface area (Å²) in [4.78, 5) is 32.2. The maximum Gasteiger partial charge on any atom is 0.255 e. The molecule has 146 valence electrons. The molecule has 0 fully saturated rings. The number of H-pyrrole nitrogens is 1. The Kier molecular flexibility index (Phi) is 5.46. The Morgan fingerprint density at radius 2 is 1.89 bits per heavy atom. The highest BCUT2D eigenvalue weighted by molar-refractivity contribution is 6.05. The first kappa shape index (κ1) is 19.6. The SMILES string of the molecule is CC(C)(C)C(=O)c1cc2cc(NC(=O)c3ccc(OCCO)cc3)cnc2[nH]1. The van der Waals surface area contributed by atoms with Crippen LogP contribution in [0.1, 0.15) is 41.6 Å². The van der Waals surface area contributed by atoms with Crippen molar-refractivity contribution in [2.45, 2.75) is 20.8 Å². The molecule has 1 amide bonds. The van der Waals surface area contributed by atoms with Crippen molar-refractivity contribution < 1.29 is 19.4 Å². The fraction of sp³-hybridized carbons (Fsp3) is 0.286. The Balaban J connectivity index is 1.75. The molecular formula is C21H23N3O4. The highest BCUT2D eigenvalue weighted by Gasteiger charge is 2.24. The third-order valence-corrected chi connectivity index (χ3v) is 4.13. The van der Waals surface area contributed by atoms with Crippen molar-refractivity contribution in [3.05, 3.63) is 53.9 Å². The molecule has 0 spiro atoms. The Hall–Kier alpha value is -3.19. The molecule has 0 aliphatic heterocycles. The number of hydrogen-bond acceptors (Lipinski definition) is 5. The number of nitrogens with one attached hydrogen (secondary N) is 2. The van der Waals surface area contributed by atoms with E-state index in [1.807, 2.05) is 20.8 Å². The van der Waals surface area contributed by atoms with Gasteiger partial charge in [0.05, 0.1) is 24.2 Å². The second kappa shape index (κ2) is 7.82. The van der Waals surface area contributed by atoms with Gasteiger partial charge >= 0.3 is 0 Å². The van der Waals surface area contributed by atoms with Crippen LogP contribution in [0.4, 0.5) is 5.69 Å². The number of amides is 1. The molecule has 0 atom stereocenters. The summed E-state index contributed by atoms with van der Waals surface area (Å²) in [6.45, 7) is 5.72. The summed E-state index contributed by atoms with van der Waals surface area (Å²) in [6.07, 6.45) is 1.54. The standard InChI is InChI=1S/C21H23N3O4/c1-21(2,3)18(26)17-11-14-10-15(12-22-19(14)24-17)23-20(27)13-4-6-16(7-5-13)28-9-8-25/h4-7,10-12,25H,8-9H2,1-3H3,(H,22,24)(H,23,27). The van der Waals surface area contributed by atoms with Crippen LogP contribution >= 0.6 is 0 Å². The van der Waals surface area contributed by atoms with Crippen molar-refractivity contribution in [2.24, 2.45) is 5.41 Å². The molecule has 2 aromatic heterocycles. The number of benzene rings is 1. The van der Waals surface area contributed by atoms with Gasteiger partial charge in [-0.3, -0.25) is 9.59 Å². The molecule has 3 rings (SSSR count). The van der Waals surface area contributed by atoms with Gasteiger partial charge in [0.2, 0.25) is 0 Å². The predicted octanol–water partition coefficient (Wildman–Crippen LogP) is 3.42. The number of rotatable bonds is 6. The minimum absolute atomic E-state index is 0.000378. The van der Waals surface area contributed by atoms with Crippen LogP contribution in [0.3, 0.4) is 0 Å². The van der Waals surface area contributed by atoms with Gasteiger partial charge in [-0.15, -0.1) is 0 Å². The van der Waals surface area contributed by atoms with Gasteiger partial charge in [-0.2, -0.15) is 0 Å². The molecule has 3 N–H and O–H groups in total. The molecule has 0 aliphatic rings. The lowest BCUT2D eigenvalue weighted by molar-refractivity contribution is 0.0853. The minimum Gasteiger partial charge on any atom is -0.491 e. The van der Waals surface area contributed by atoms with E-state index in [-0.39, 0.29) is 24.9 Å². The first-order chi connectivity index (χ1) is 13.3. The van der Waals surface area contributed by atoms with E-state index in [0.29, 0.717) is 28.3 Å². The van der Waals surface area contributed by atoms with Crippen LogP contribution in [0.25, 0.3) is 11.0 Å². The van der Waals surface area contributed by atoms with Crippen molar-refractivity contribution in [3.8, 4) is 5.75 Å². The quantitative estimate of drug-likeness (QED) is 0.568. The summed E-state index contributed by atoms with van der Waals surface area (Å²) >= 11 is 0. The molecule has 1 aromatic carbocycles. The van der Waals surface area contributed by atoms with E-state index in [1.165, 1.54) is 0 Å². The molecule has 0 unspecified atom stereocenters. The van der Waals surface area contributed by atoms with Gasteiger partial charge < -0.3 is 20.1 Å². The molecule has 0 radical (unpaired) electrons. The smallest absolute Gasteiger partial charge is 0.255 e. The molecule has 0 saturated heterocycles. The number of ketones is 1. The van der Waals surface area contributed by atoms with Gasteiger partial charge in [-0.1, -0.05) is 20.8 Å². The fourth-order valence-corrected chi connectivity index (χ4v) is 2.68. The van der Waals surface area contributed by atoms with Gasteiger partial charge in [-0.25, -0.2) is 4.98 Å². The second-order valence-corrected chi connectivity index (χ2v) is 7.47. The van der Waals surface area contributed by atoms with Crippen LogP contribution < -0.4 is 10.1 Å². The first-order valence-electron chi connectivity index (χ1n) is 8.96. The number of ether oxygens (including phenoxy) is 1. The first-order valence-corrected chi connectivity index (χ1v) is 8.96. The van der Waals surface area contributed by atoms with Crippen LogP contribution in [0.2, 0.25) is 0 Å². The molecule has 28 heavy (non-hydrogen) atoms. The largest absolute Gasteiger partial charge is 0.491 e. The number of Topliss-reactive ketones (excluding diaryl/α,β-unsaturated/α-hetero) is 1. The zero-order valence-corrected chi connectivity index (χ0v) is 16.1. The van der Waals surface area contributed by atoms with Gasteiger partial charge in [0.25, 0.3) is 5.91 Å². The number of carbonyl (C=O) groups is 2. The Morgan fingerprint density at radius 3 is 2.54 bits per heavy atom. The topological polar surface area (TPSA) is 104 Å². The fourth-order valence-electron chi connectivity index (χ4n) is 2.68. The van der Waals surface area contributed by atoms with Crippen molar-refractivity contribution in [2.75, 3.05) is 18.5 Å². The number of aliphatic hydroxyl groups excluding tert-OH is 1. The maximum absolute atomic E-state index is 12.4. The van der Waals surface area contributed by atoms with Crippen LogP contribution in [0, 0.1) is 5.41 Å². The molecule has 7 nitrogen and oxygen atoms in total. The monoisotopic (exact) mass is 381 g/mol. The van der Waals surface area contributed by atoms with E-state index < -0.39 is 5.41 Å². The number of aliphatic hydroxyl groups is 1. The van der Waals surface area contributed by atoms with E-state index in [2.05, 4.69) is 15.3 Å². The van der Waals surface area contributed by atoms with Crippen molar-refractivity contribution in [1.29, 1.82) is 0 Å². The van der Waals surface area contributed by atoms with Crippen molar-refractivity contribution in [1.82, 2.24) is 9.97 Å². The summed E-state index contributed by atoms with van der Waals surface area (Å²) in [5.74, 6) is 0.299. The number of nitrogens with zero attached hydrogens (tertiary/aromatic N) is 1. The highest BCUT2D eigenvalue weighted by atomic mass is 16.5. The van der Waals surface area contributed by atoms with Crippen LogP contribution in [0.5, 0.6) is 5.75 Å². The summed E-state index contributed by atoms with van der Waals surface area (Å²) in [6, 6.07) is 10.1. The lowest BCUT2D eigenvalue weighted by atomic mass is 9.89. The summed E-state index contributed by atoms with van der Waals surface area (Å²) in [5.41, 5.74) is 1.60. The van der Waals surface area contributed by atoms with E-state index in [4.69, 9.17) is 9.84 Å². The van der Waals surface area contributed by atoms with Gasteiger partial charge in [0.15, 0.2) is 5.78 Å². The number of fused-ring (bicyclic) bond motifs is 1. The summed E-state index contributed by atoms with van der Waals surface area (Å²) < 4.78 is 5.28. The molecular weight excluding hydrogens is 358 g/mol. The lowest BCUT2D eigenvalue weighted by Gasteiger charge is -2.14. The molecule has 0 bridgehead atoms. The van der Waals surface area contributed by atoms with Crippen LogP contribution in [-0.2, 0) is 0 Å². The molecule has 7 heteroatoms. The van der Waals surface area contributed by atoms with E-state index >= 15 is 0 Å². The van der Waals surface area contributed by atoms with Gasteiger partial charge in [-0.05, 0) is 36.4 Å². The average Bonchev–Trinajstić information content (AvgIpc) is 3.08.